The van der Waals surface area contributed by atoms with E-state index >= 15 is 0 Å². The number of aryl methyl sites for hydroxylation is 3. The maximum absolute atomic E-state index is 5.47. The van der Waals surface area contributed by atoms with Crippen molar-refractivity contribution < 1.29 is 4.52 Å². The van der Waals surface area contributed by atoms with Crippen LogP contribution in [-0.4, -0.2) is 56.1 Å². The van der Waals surface area contributed by atoms with E-state index in [0.29, 0.717) is 24.6 Å². The molecule has 176 valence electrons. The van der Waals surface area contributed by atoms with Crippen molar-refractivity contribution in [3.05, 3.63) is 84.0 Å². The molecule has 0 atom stereocenters. The van der Waals surface area contributed by atoms with Crippen LogP contribution >= 0.6 is 0 Å². The third kappa shape index (κ3) is 4.44. The van der Waals surface area contributed by atoms with E-state index in [0.717, 1.165) is 49.0 Å². The second-order valence-electron chi connectivity index (χ2n) is 8.77. The van der Waals surface area contributed by atoms with Crippen molar-refractivity contribution in [1.29, 1.82) is 0 Å². The van der Waals surface area contributed by atoms with E-state index in [1.807, 2.05) is 40.9 Å². The molecule has 0 aliphatic carbocycles. The fourth-order valence-electron chi connectivity index (χ4n) is 4.38. The molecule has 0 bridgehead atoms. The van der Waals surface area contributed by atoms with E-state index in [9.17, 15) is 0 Å². The molecule has 1 aliphatic heterocycles. The average molecular weight is 467 g/mol. The Morgan fingerprint density at radius 3 is 2.37 bits per heavy atom. The highest BCUT2D eigenvalue weighted by atomic mass is 16.5. The highest BCUT2D eigenvalue weighted by Crippen LogP contribution is 2.20. The number of aromatic nitrogens is 6. The van der Waals surface area contributed by atoms with Gasteiger partial charge in [-0.05, 0) is 31.2 Å². The predicted molar refractivity (Wildman–Crippen MR) is 134 cm³/mol. The van der Waals surface area contributed by atoms with Gasteiger partial charge >= 0.3 is 0 Å². The molecule has 2 aromatic carbocycles. The van der Waals surface area contributed by atoms with Gasteiger partial charge in [-0.1, -0.05) is 53.2 Å². The van der Waals surface area contributed by atoms with Crippen molar-refractivity contribution in [3.63, 3.8) is 0 Å². The first-order valence-corrected chi connectivity index (χ1v) is 11.9. The SMILES string of the molecule is Cc1ccc(-c2noc(CCc3nnc4ccc(N5CCN(c6ccccc6)CC5)nn34)n2)cc1. The van der Waals surface area contributed by atoms with Crippen LogP contribution in [0.15, 0.2) is 71.3 Å². The zero-order chi connectivity index (χ0) is 23.6. The van der Waals surface area contributed by atoms with Crippen LogP contribution in [0.25, 0.3) is 17.0 Å². The molecule has 9 nitrogen and oxygen atoms in total. The van der Waals surface area contributed by atoms with E-state index in [1.54, 1.807) is 0 Å². The molecule has 1 fully saturated rings. The molecule has 1 saturated heterocycles. The number of piperazine rings is 1. The van der Waals surface area contributed by atoms with Crippen molar-refractivity contribution in [2.75, 3.05) is 36.0 Å². The van der Waals surface area contributed by atoms with Crippen molar-refractivity contribution >= 4 is 17.2 Å². The number of para-hydroxylation sites is 1. The lowest BCUT2D eigenvalue weighted by molar-refractivity contribution is 0.377. The summed E-state index contributed by atoms with van der Waals surface area (Å²) in [5.41, 5.74) is 4.14. The van der Waals surface area contributed by atoms with Gasteiger partial charge in [0, 0.05) is 50.3 Å². The van der Waals surface area contributed by atoms with Gasteiger partial charge in [0.2, 0.25) is 11.7 Å². The van der Waals surface area contributed by atoms with Crippen LogP contribution in [0.2, 0.25) is 0 Å². The van der Waals surface area contributed by atoms with Crippen molar-refractivity contribution in [1.82, 2.24) is 30.0 Å². The third-order valence-electron chi connectivity index (χ3n) is 6.38. The summed E-state index contributed by atoms with van der Waals surface area (Å²) < 4.78 is 7.30. The van der Waals surface area contributed by atoms with Crippen molar-refractivity contribution in [2.24, 2.45) is 0 Å². The smallest absolute Gasteiger partial charge is 0.227 e. The molecular formula is C26H26N8O. The van der Waals surface area contributed by atoms with Gasteiger partial charge in [0.1, 0.15) is 5.82 Å². The van der Waals surface area contributed by atoms with Crippen LogP contribution in [0.3, 0.4) is 0 Å². The molecule has 35 heavy (non-hydrogen) atoms. The largest absolute Gasteiger partial charge is 0.368 e. The Bertz CT molecular complexity index is 1420. The molecule has 0 spiro atoms. The number of fused-ring (bicyclic) bond motifs is 1. The monoisotopic (exact) mass is 466 g/mol. The van der Waals surface area contributed by atoms with E-state index < -0.39 is 0 Å². The molecule has 0 unspecified atom stereocenters. The van der Waals surface area contributed by atoms with Crippen LogP contribution in [-0.2, 0) is 12.8 Å². The van der Waals surface area contributed by atoms with Crippen LogP contribution in [0.4, 0.5) is 11.5 Å². The number of hydrogen-bond donors (Lipinski definition) is 0. The number of hydrogen-bond acceptors (Lipinski definition) is 8. The predicted octanol–water partition coefficient (Wildman–Crippen LogP) is 3.59. The maximum atomic E-state index is 5.47. The minimum atomic E-state index is 0.571. The maximum Gasteiger partial charge on any atom is 0.227 e. The standard InChI is InChI=1S/C26H26N8O/c1-19-7-9-20(10-8-19)26-27-25(35-31-26)14-13-23-29-28-22-11-12-24(30-34(22)23)33-17-15-32(16-18-33)21-5-3-2-4-6-21/h2-12H,13-18H2,1H3. The summed E-state index contributed by atoms with van der Waals surface area (Å²) >= 11 is 0. The molecular weight excluding hydrogens is 440 g/mol. The van der Waals surface area contributed by atoms with E-state index in [-0.39, 0.29) is 0 Å². The minimum absolute atomic E-state index is 0.571. The number of rotatable bonds is 6. The molecule has 0 N–H and O–H groups in total. The van der Waals surface area contributed by atoms with Gasteiger partial charge in [0.05, 0.1) is 0 Å². The third-order valence-corrected chi connectivity index (χ3v) is 6.38. The van der Waals surface area contributed by atoms with Crippen LogP contribution < -0.4 is 9.80 Å². The molecule has 0 saturated carbocycles. The number of anilines is 2. The van der Waals surface area contributed by atoms with E-state index in [2.05, 4.69) is 67.4 Å². The topological polar surface area (TPSA) is 88.5 Å². The van der Waals surface area contributed by atoms with Gasteiger partial charge in [-0.2, -0.15) is 9.50 Å². The summed E-state index contributed by atoms with van der Waals surface area (Å²) in [6.45, 7) is 5.79. The summed E-state index contributed by atoms with van der Waals surface area (Å²) in [4.78, 5) is 9.27. The Kier molecular flexibility index (Phi) is 5.57. The quantitative estimate of drug-likeness (QED) is 0.375. The highest BCUT2D eigenvalue weighted by molar-refractivity contribution is 5.54. The first-order valence-electron chi connectivity index (χ1n) is 11.9. The Balaban J connectivity index is 1.13. The van der Waals surface area contributed by atoms with E-state index in [4.69, 9.17) is 9.62 Å². The van der Waals surface area contributed by atoms with Gasteiger partial charge in [0.15, 0.2) is 11.5 Å². The van der Waals surface area contributed by atoms with Crippen LogP contribution in [0, 0.1) is 6.92 Å². The first kappa shape index (κ1) is 21.3. The second kappa shape index (κ2) is 9.17. The molecule has 3 aromatic heterocycles. The molecule has 6 rings (SSSR count). The zero-order valence-electron chi connectivity index (χ0n) is 19.6. The fourth-order valence-corrected chi connectivity index (χ4v) is 4.38. The summed E-state index contributed by atoms with van der Waals surface area (Å²) in [6.07, 6.45) is 1.18. The highest BCUT2D eigenvalue weighted by Gasteiger charge is 2.20. The van der Waals surface area contributed by atoms with Gasteiger partial charge in [-0.15, -0.1) is 15.3 Å². The minimum Gasteiger partial charge on any atom is -0.368 e. The molecule has 1 aliphatic rings. The first-order chi connectivity index (χ1) is 17.2. The molecule has 4 heterocycles. The Morgan fingerprint density at radius 2 is 1.57 bits per heavy atom. The van der Waals surface area contributed by atoms with Gasteiger partial charge < -0.3 is 14.3 Å². The molecule has 0 radical (unpaired) electrons. The molecule has 0 amide bonds. The van der Waals surface area contributed by atoms with E-state index in [1.165, 1.54) is 11.3 Å². The lowest BCUT2D eigenvalue weighted by atomic mass is 10.1. The van der Waals surface area contributed by atoms with Gasteiger partial charge in [-0.25, -0.2) is 0 Å². The lowest BCUT2D eigenvalue weighted by Gasteiger charge is -2.36. The fraction of sp³-hybridized carbons (Fsp3) is 0.269. The Hall–Kier alpha value is -4.27. The molecule has 5 aromatic rings. The number of benzene rings is 2. The van der Waals surface area contributed by atoms with Crippen LogP contribution in [0.1, 0.15) is 17.3 Å². The zero-order valence-corrected chi connectivity index (χ0v) is 19.6. The van der Waals surface area contributed by atoms with Crippen molar-refractivity contribution in [2.45, 2.75) is 19.8 Å². The number of nitrogens with zero attached hydrogens (tertiary/aromatic N) is 8. The van der Waals surface area contributed by atoms with Crippen molar-refractivity contribution in [3.8, 4) is 11.4 Å². The second-order valence-corrected chi connectivity index (χ2v) is 8.77. The lowest BCUT2D eigenvalue weighted by Crippen LogP contribution is -2.47. The summed E-state index contributed by atoms with van der Waals surface area (Å²) in [7, 11) is 0. The van der Waals surface area contributed by atoms with Gasteiger partial charge in [-0.3, -0.25) is 0 Å². The normalized spacial score (nSPS) is 14.1. The summed E-state index contributed by atoms with van der Waals surface area (Å²) in [5.74, 6) is 2.89. The Morgan fingerprint density at radius 1 is 0.800 bits per heavy atom. The Labute approximate surface area is 203 Å². The average Bonchev–Trinajstić information content (AvgIpc) is 3.55. The summed E-state index contributed by atoms with van der Waals surface area (Å²) in [6, 6.07) is 22.6. The van der Waals surface area contributed by atoms with Crippen LogP contribution in [0.5, 0.6) is 0 Å². The summed E-state index contributed by atoms with van der Waals surface area (Å²) in [5, 5.41) is 17.6. The molecule has 9 heteroatoms. The van der Waals surface area contributed by atoms with Gasteiger partial charge in [0.25, 0.3) is 0 Å².